The molecule has 7 nitrogen and oxygen atoms in total. The van der Waals surface area contributed by atoms with Crippen LogP contribution in [-0.2, 0) is 16.1 Å². The molecule has 0 radical (unpaired) electrons. The Morgan fingerprint density at radius 2 is 2.04 bits per heavy atom. The first kappa shape index (κ1) is 18.1. The number of benzene rings is 1. The van der Waals surface area contributed by atoms with Gasteiger partial charge >= 0.3 is 11.8 Å². The highest BCUT2D eigenvalue weighted by atomic mass is 35.5. The van der Waals surface area contributed by atoms with Gasteiger partial charge < -0.3 is 5.32 Å². The first-order chi connectivity index (χ1) is 12.5. The van der Waals surface area contributed by atoms with E-state index in [-0.39, 0.29) is 6.04 Å². The molecule has 0 aliphatic heterocycles. The van der Waals surface area contributed by atoms with Gasteiger partial charge in [-0.2, -0.15) is 10.2 Å². The Morgan fingerprint density at radius 1 is 1.31 bits per heavy atom. The van der Waals surface area contributed by atoms with Crippen LogP contribution in [0.5, 0.6) is 0 Å². The van der Waals surface area contributed by atoms with Crippen molar-refractivity contribution in [1.82, 2.24) is 20.5 Å². The van der Waals surface area contributed by atoms with Gasteiger partial charge in [0.25, 0.3) is 0 Å². The number of aromatic nitrogens is 2. The number of carbonyl (C=O) groups is 2. The quantitative estimate of drug-likeness (QED) is 0.477. The number of nitrogens with zero attached hydrogens (tertiary/aromatic N) is 3. The normalized spacial score (nSPS) is 13.8. The van der Waals surface area contributed by atoms with Crippen LogP contribution < -0.4 is 10.7 Å². The van der Waals surface area contributed by atoms with Gasteiger partial charge in [0.1, 0.15) is 0 Å². The van der Waals surface area contributed by atoms with Gasteiger partial charge in [-0.25, -0.2) is 5.43 Å². The molecule has 0 bridgehead atoms. The van der Waals surface area contributed by atoms with Gasteiger partial charge in [-0.05, 0) is 38.3 Å². The van der Waals surface area contributed by atoms with Crippen molar-refractivity contribution in [3.63, 3.8) is 0 Å². The van der Waals surface area contributed by atoms with Crippen LogP contribution in [0, 0.1) is 13.8 Å². The maximum absolute atomic E-state index is 11.7. The number of hydrogen-bond donors (Lipinski definition) is 2. The maximum atomic E-state index is 11.7. The van der Waals surface area contributed by atoms with E-state index in [0.717, 1.165) is 35.4 Å². The largest absolute Gasteiger partial charge is 0.345 e. The highest BCUT2D eigenvalue weighted by Crippen LogP contribution is 2.19. The molecule has 1 saturated carbocycles. The van der Waals surface area contributed by atoms with E-state index in [1.54, 1.807) is 0 Å². The lowest BCUT2D eigenvalue weighted by molar-refractivity contribution is -0.139. The lowest BCUT2D eigenvalue weighted by Gasteiger charge is -2.06. The Labute approximate surface area is 156 Å². The summed E-state index contributed by atoms with van der Waals surface area (Å²) in [5.74, 6) is -1.43. The van der Waals surface area contributed by atoms with E-state index >= 15 is 0 Å². The van der Waals surface area contributed by atoms with Crippen molar-refractivity contribution in [3.8, 4) is 0 Å². The number of rotatable bonds is 5. The first-order valence-electron chi connectivity index (χ1n) is 8.37. The summed E-state index contributed by atoms with van der Waals surface area (Å²) in [5.41, 5.74) is 5.67. The fraction of sp³-hybridized carbons (Fsp3) is 0.333. The number of carbonyl (C=O) groups excluding carboxylic acids is 2. The molecule has 2 amide bonds. The fourth-order valence-electron chi connectivity index (χ4n) is 2.52. The topological polar surface area (TPSA) is 88.4 Å². The molecule has 0 atom stereocenters. The molecule has 1 aromatic heterocycles. The second-order valence-electron chi connectivity index (χ2n) is 6.28. The third-order valence-electron chi connectivity index (χ3n) is 4.19. The summed E-state index contributed by atoms with van der Waals surface area (Å²) in [4.78, 5) is 23.3. The minimum atomic E-state index is -0.771. The van der Waals surface area contributed by atoms with Gasteiger partial charge in [0.05, 0.1) is 18.5 Å². The van der Waals surface area contributed by atoms with E-state index in [4.69, 9.17) is 11.6 Å². The van der Waals surface area contributed by atoms with Crippen LogP contribution in [0.4, 0.5) is 0 Å². The minimum absolute atomic E-state index is 0.129. The third-order valence-corrected chi connectivity index (χ3v) is 4.56. The Hall–Kier alpha value is -2.67. The molecule has 3 rings (SSSR count). The minimum Gasteiger partial charge on any atom is -0.345 e. The SMILES string of the molecule is Cc1nn(Cc2ccccc2Cl)c(C)c1/C=N\NC(=O)C(=O)NC1CC1. The summed E-state index contributed by atoms with van der Waals surface area (Å²) in [6.45, 7) is 4.31. The van der Waals surface area contributed by atoms with Crippen LogP contribution in [-0.4, -0.2) is 33.9 Å². The predicted molar refractivity (Wildman–Crippen MR) is 99.2 cm³/mol. The van der Waals surface area contributed by atoms with Gasteiger partial charge in [0.15, 0.2) is 0 Å². The van der Waals surface area contributed by atoms with Crippen LogP contribution in [0.3, 0.4) is 0 Å². The highest BCUT2D eigenvalue weighted by Gasteiger charge is 2.26. The molecule has 1 heterocycles. The molecule has 26 heavy (non-hydrogen) atoms. The smallest absolute Gasteiger partial charge is 0.329 e. The van der Waals surface area contributed by atoms with Crippen molar-refractivity contribution >= 4 is 29.6 Å². The average molecular weight is 374 g/mol. The molecular weight excluding hydrogens is 354 g/mol. The molecule has 1 fully saturated rings. The van der Waals surface area contributed by atoms with Crippen molar-refractivity contribution in [2.24, 2.45) is 5.10 Å². The summed E-state index contributed by atoms with van der Waals surface area (Å²) in [6.07, 6.45) is 3.35. The van der Waals surface area contributed by atoms with Crippen molar-refractivity contribution in [2.45, 2.75) is 39.3 Å². The van der Waals surface area contributed by atoms with Crippen LogP contribution in [0.15, 0.2) is 29.4 Å². The summed E-state index contributed by atoms with van der Waals surface area (Å²) < 4.78 is 1.83. The summed E-state index contributed by atoms with van der Waals surface area (Å²) in [7, 11) is 0. The average Bonchev–Trinajstić information content (AvgIpc) is 3.38. The molecule has 8 heteroatoms. The number of amides is 2. The number of hydrogen-bond acceptors (Lipinski definition) is 4. The van der Waals surface area contributed by atoms with Gasteiger partial charge in [-0.3, -0.25) is 14.3 Å². The zero-order valence-electron chi connectivity index (χ0n) is 14.6. The zero-order valence-corrected chi connectivity index (χ0v) is 15.4. The first-order valence-corrected chi connectivity index (χ1v) is 8.75. The standard InChI is InChI=1S/C18H20ClN5O2/c1-11-15(9-20-22-18(26)17(25)21-14-7-8-14)12(2)24(23-11)10-13-5-3-4-6-16(13)19/h3-6,9,14H,7-8,10H2,1-2H3,(H,21,25)(H,22,26)/b20-9-. The predicted octanol–water partition coefficient (Wildman–Crippen LogP) is 1.93. The second kappa shape index (κ2) is 7.70. The molecule has 2 N–H and O–H groups in total. The number of hydrazone groups is 1. The Balaban J connectivity index is 1.66. The van der Waals surface area contributed by atoms with E-state index in [1.165, 1.54) is 6.21 Å². The van der Waals surface area contributed by atoms with Crippen LogP contribution >= 0.6 is 11.6 Å². The van der Waals surface area contributed by atoms with Gasteiger partial charge in [-0.15, -0.1) is 0 Å². The van der Waals surface area contributed by atoms with E-state index in [9.17, 15) is 9.59 Å². The van der Waals surface area contributed by atoms with Crippen molar-refractivity contribution in [2.75, 3.05) is 0 Å². The van der Waals surface area contributed by atoms with E-state index in [2.05, 4.69) is 20.9 Å². The molecule has 0 unspecified atom stereocenters. The molecular formula is C18H20ClN5O2. The van der Waals surface area contributed by atoms with Gasteiger partial charge in [0.2, 0.25) is 0 Å². The van der Waals surface area contributed by atoms with Crippen LogP contribution in [0.2, 0.25) is 5.02 Å². The summed E-state index contributed by atoms with van der Waals surface area (Å²) in [6, 6.07) is 7.73. The Bertz CT molecular complexity index is 870. The van der Waals surface area contributed by atoms with E-state index in [1.807, 2.05) is 42.8 Å². The van der Waals surface area contributed by atoms with Crippen LogP contribution in [0.25, 0.3) is 0 Å². The van der Waals surface area contributed by atoms with Crippen molar-refractivity contribution in [3.05, 3.63) is 51.8 Å². The molecule has 1 aromatic carbocycles. The van der Waals surface area contributed by atoms with Crippen molar-refractivity contribution < 1.29 is 9.59 Å². The third kappa shape index (κ3) is 4.29. The van der Waals surface area contributed by atoms with Crippen LogP contribution in [0.1, 0.15) is 35.4 Å². The van der Waals surface area contributed by atoms with Crippen molar-refractivity contribution in [1.29, 1.82) is 0 Å². The lowest BCUT2D eigenvalue weighted by Crippen LogP contribution is -2.38. The molecule has 136 valence electrons. The highest BCUT2D eigenvalue weighted by molar-refractivity contribution is 6.35. The molecule has 1 aliphatic rings. The number of halogens is 1. The summed E-state index contributed by atoms with van der Waals surface area (Å²) in [5, 5.41) is 11.7. The molecule has 1 aliphatic carbocycles. The van der Waals surface area contributed by atoms with E-state index < -0.39 is 11.8 Å². The number of nitrogens with one attached hydrogen (secondary N) is 2. The Kier molecular flexibility index (Phi) is 5.37. The van der Waals surface area contributed by atoms with Gasteiger partial charge in [-0.1, -0.05) is 29.8 Å². The van der Waals surface area contributed by atoms with E-state index in [0.29, 0.717) is 11.6 Å². The molecule has 2 aromatic rings. The lowest BCUT2D eigenvalue weighted by atomic mass is 10.2. The zero-order chi connectivity index (χ0) is 18.7. The molecule has 0 spiro atoms. The molecule has 0 saturated heterocycles. The Morgan fingerprint density at radius 3 is 2.73 bits per heavy atom. The maximum Gasteiger partial charge on any atom is 0.329 e. The fourth-order valence-corrected chi connectivity index (χ4v) is 2.72. The number of aryl methyl sites for hydroxylation is 1. The van der Waals surface area contributed by atoms with Gasteiger partial charge in [0, 0.05) is 22.3 Å². The summed E-state index contributed by atoms with van der Waals surface area (Å²) >= 11 is 6.21. The second-order valence-corrected chi connectivity index (χ2v) is 6.69. The monoisotopic (exact) mass is 373 g/mol.